The third kappa shape index (κ3) is 3.66. The molecule has 0 radical (unpaired) electrons. The summed E-state index contributed by atoms with van der Waals surface area (Å²) in [7, 11) is 0. The van der Waals surface area contributed by atoms with E-state index in [0.29, 0.717) is 24.5 Å². The van der Waals surface area contributed by atoms with Crippen LogP contribution in [0.5, 0.6) is 0 Å². The van der Waals surface area contributed by atoms with E-state index < -0.39 is 0 Å². The minimum Gasteiger partial charge on any atom is -0.336 e. The van der Waals surface area contributed by atoms with E-state index >= 15 is 0 Å². The van der Waals surface area contributed by atoms with Gasteiger partial charge in [0.25, 0.3) is 0 Å². The van der Waals surface area contributed by atoms with E-state index in [4.69, 9.17) is 0 Å². The Morgan fingerprint density at radius 2 is 1.81 bits per heavy atom. The van der Waals surface area contributed by atoms with Crippen molar-refractivity contribution in [3.05, 3.63) is 48.0 Å². The summed E-state index contributed by atoms with van der Waals surface area (Å²) in [6.07, 6.45) is 13.0. The lowest BCUT2D eigenvalue weighted by Crippen LogP contribution is -2.53. The Morgan fingerprint density at radius 3 is 2.58 bits per heavy atom. The maximum Gasteiger partial charge on any atom is 0.237 e. The maximum absolute atomic E-state index is 13.1. The monoisotopic (exact) mass is 417 g/mol. The van der Waals surface area contributed by atoms with E-state index in [-0.39, 0.29) is 0 Å². The predicted octanol–water partition coefficient (Wildman–Crippen LogP) is 2.73. The van der Waals surface area contributed by atoms with Crippen LogP contribution in [0.2, 0.25) is 0 Å². The number of benzene rings is 1. The molecular weight excluding hydrogens is 386 g/mol. The van der Waals surface area contributed by atoms with Gasteiger partial charge in [0.05, 0.1) is 6.54 Å². The van der Waals surface area contributed by atoms with E-state index in [1.165, 1.54) is 48.8 Å². The molecule has 3 fully saturated rings. The number of amides is 1. The number of likely N-dealkylation sites (tertiary alicyclic amines) is 2. The fraction of sp³-hybridized carbons (Fsp3) is 0.560. The molecule has 2 saturated heterocycles. The molecule has 0 unspecified atom stereocenters. The topological polar surface area (TPSA) is 52.6 Å². The molecule has 4 aliphatic rings. The number of hydrogen-bond donors (Lipinski definition) is 0. The van der Waals surface area contributed by atoms with Crippen molar-refractivity contribution in [2.45, 2.75) is 63.2 Å². The van der Waals surface area contributed by atoms with E-state index in [0.717, 1.165) is 44.2 Å². The minimum atomic E-state index is 0.333. The fourth-order valence-corrected chi connectivity index (χ4v) is 6.34. The standard InChI is InChI=1S/C25H31N5O/c31-25(30-15-23-10-24(30)14-29(23)22-3-1-2-4-22)16-28-8-7-19-9-18(5-6-20(19)13-28)21-11-26-17-27-12-21/h5-6,9,11-12,17,22-24H,1-4,7-8,10,13-16H2/t23-,24-/m1/s1. The van der Waals surface area contributed by atoms with Gasteiger partial charge in [-0.2, -0.15) is 0 Å². The highest BCUT2D eigenvalue weighted by molar-refractivity contribution is 5.79. The summed E-state index contributed by atoms with van der Waals surface area (Å²) in [5, 5.41) is 0. The molecule has 2 aromatic rings. The molecule has 6 nitrogen and oxygen atoms in total. The zero-order valence-corrected chi connectivity index (χ0v) is 18.1. The number of hydrogen-bond acceptors (Lipinski definition) is 5. The van der Waals surface area contributed by atoms with Gasteiger partial charge in [-0.25, -0.2) is 9.97 Å². The molecule has 162 valence electrons. The fourth-order valence-electron chi connectivity index (χ4n) is 6.34. The lowest BCUT2D eigenvalue weighted by molar-refractivity contribution is -0.135. The van der Waals surface area contributed by atoms with Crippen LogP contribution in [0.3, 0.4) is 0 Å². The first-order valence-corrected chi connectivity index (χ1v) is 11.9. The number of nitrogens with zero attached hydrogens (tertiary/aromatic N) is 5. The first kappa shape index (κ1) is 19.4. The van der Waals surface area contributed by atoms with Crippen LogP contribution in [0.4, 0.5) is 0 Å². The molecule has 4 heterocycles. The predicted molar refractivity (Wildman–Crippen MR) is 119 cm³/mol. The molecule has 2 atom stereocenters. The lowest BCUT2D eigenvalue weighted by atomic mass is 9.95. The Bertz CT molecular complexity index is 958. The Kier molecular flexibility index (Phi) is 4.99. The molecular formula is C25H31N5O. The molecule has 0 spiro atoms. The summed E-state index contributed by atoms with van der Waals surface area (Å²) >= 11 is 0. The van der Waals surface area contributed by atoms with Crippen molar-refractivity contribution in [3.8, 4) is 11.1 Å². The highest BCUT2D eigenvalue weighted by atomic mass is 16.2. The third-order valence-corrected chi connectivity index (χ3v) is 7.95. The highest BCUT2D eigenvalue weighted by Gasteiger charge is 2.47. The van der Waals surface area contributed by atoms with Gasteiger partial charge in [-0.1, -0.05) is 31.0 Å². The number of piperazine rings is 1. The van der Waals surface area contributed by atoms with Gasteiger partial charge >= 0.3 is 0 Å². The number of fused-ring (bicyclic) bond motifs is 3. The van der Waals surface area contributed by atoms with Crippen molar-refractivity contribution in [1.82, 2.24) is 24.7 Å². The largest absolute Gasteiger partial charge is 0.336 e. The maximum atomic E-state index is 13.1. The van der Waals surface area contributed by atoms with Gasteiger partial charge in [0.1, 0.15) is 6.33 Å². The van der Waals surface area contributed by atoms with Gasteiger partial charge in [-0.15, -0.1) is 0 Å². The second-order valence-corrected chi connectivity index (χ2v) is 9.80. The molecule has 1 saturated carbocycles. The minimum absolute atomic E-state index is 0.333. The molecule has 31 heavy (non-hydrogen) atoms. The number of carbonyl (C=O) groups excluding carboxylic acids is 1. The second-order valence-electron chi connectivity index (χ2n) is 9.80. The Hall–Kier alpha value is -2.31. The molecule has 6 heteroatoms. The van der Waals surface area contributed by atoms with Gasteiger partial charge in [-0.05, 0) is 42.4 Å². The van der Waals surface area contributed by atoms with Crippen LogP contribution in [0.25, 0.3) is 11.1 Å². The normalized spacial score (nSPS) is 26.5. The average Bonchev–Trinajstić information content (AvgIpc) is 3.56. The summed E-state index contributed by atoms with van der Waals surface area (Å²) in [5.41, 5.74) is 4.95. The van der Waals surface area contributed by atoms with Crippen molar-refractivity contribution in [1.29, 1.82) is 0 Å². The van der Waals surface area contributed by atoms with E-state index in [1.54, 1.807) is 6.33 Å². The first-order valence-electron chi connectivity index (χ1n) is 11.9. The van der Waals surface area contributed by atoms with Crippen LogP contribution < -0.4 is 0 Å². The SMILES string of the molecule is O=C(CN1CCc2cc(-c3cncnc3)ccc2C1)N1C[C@H]2C[C@@H]1CN2C1CCCC1. The second kappa shape index (κ2) is 7.99. The van der Waals surface area contributed by atoms with Crippen molar-refractivity contribution < 1.29 is 4.79 Å². The van der Waals surface area contributed by atoms with E-state index in [2.05, 4.69) is 42.9 Å². The van der Waals surface area contributed by atoms with Gasteiger partial charge in [0.2, 0.25) is 5.91 Å². The summed E-state index contributed by atoms with van der Waals surface area (Å²) in [5.74, 6) is 0.333. The molecule has 0 N–H and O–H groups in total. The van der Waals surface area contributed by atoms with Crippen LogP contribution in [0, 0.1) is 0 Å². The molecule has 2 bridgehead atoms. The van der Waals surface area contributed by atoms with Crippen LogP contribution in [-0.4, -0.2) is 74.9 Å². The third-order valence-electron chi connectivity index (χ3n) is 7.95. The molecule has 1 aromatic heterocycles. The molecule has 3 aliphatic heterocycles. The number of aromatic nitrogens is 2. The van der Waals surface area contributed by atoms with Gasteiger partial charge in [-0.3, -0.25) is 14.6 Å². The number of carbonyl (C=O) groups is 1. The van der Waals surface area contributed by atoms with Crippen molar-refractivity contribution in [2.24, 2.45) is 0 Å². The first-order chi connectivity index (χ1) is 15.2. The highest BCUT2D eigenvalue weighted by Crippen LogP contribution is 2.37. The molecule has 1 amide bonds. The van der Waals surface area contributed by atoms with Gasteiger partial charge in [0, 0.05) is 62.3 Å². The van der Waals surface area contributed by atoms with Gasteiger partial charge < -0.3 is 4.90 Å². The Labute approximate surface area is 184 Å². The molecule has 6 rings (SSSR count). The van der Waals surface area contributed by atoms with Crippen molar-refractivity contribution in [2.75, 3.05) is 26.2 Å². The van der Waals surface area contributed by atoms with Crippen molar-refractivity contribution >= 4 is 5.91 Å². The van der Waals surface area contributed by atoms with Crippen molar-refractivity contribution in [3.63, 3.8) is 0 Å². The molecule has 1 aliphatic carbocycles. The quantitative estimate of drug-likeness (QED) is 0.766. The van der Waals surface area contributed by atoms with Crippen LogP contribution in [0.15, 0.2) is 36.9 Å². The average molecular weight is 418 g/mol. The van der Waals surface area contributed by atoms with E-state index in [1.807, 2.05) is 12.4 Å². The summed E-state index contributed by atoms with van der Waals surface area (Å²) in [4.78, 5) is 28.7. The molecule has 1 aromatic carbocycles. The summed E-state index contributed by atoms with van der Waals surface area (Å²) in [6.45, 7) is 4.43. The zero-order chi connectivity index (χ0) is 20.8. The smallest absolute Gasteiger partial charge is 0.237 e. The summed E-state index contributed by atoms with van der Waals surface area (Å²) < 4.78 is 0. The van der Waals surface area contributed by atoms with Gasteiger partial charge in [0.15, 0.2) is 0 Å². The lowest BCUT2D eigenvalue weighted by Gasteiger charge is -2.38. The van der Waals surface area contributed by atoms with Crippen LogP contribution in [0.1, 0.15) is 43.2 Å². The Morgan fingerprint density at radius 1 is 0.968 bits per heavy atom. The Balaban J connectivity index is 1.07. The van der Waals surface area contributed by atoms with E-state index in [9.17, 15) is 4.79 Å². The number of rotatable bonds is 4. The van der Waals surface area contributed by atoms with Crippen LogP contribution in [-0.2, 0) is 17.8 Å². The summed E-state index contributed by atoms with van der Waals surface area (Å²) in [6, 6.07) is 8.49. The van der Waals surface area contributed by atoms with Crippen LogP contribution >= 0.6 is 0 Å². The zero-order valence-electron chi connectivity index (χ0n) is 18.1.